The Morgan fingerprint density at radius 1 is 1.42 bits per heavy atom. The SMILES string of the molecule is CCCNP(=O)(OC[C@H]1O[C@@H](n2cc(F)c(=O)[nH]c2=O)CC1N=[N+]=[N-])Oc1ccc(Cl)cc1. The summed E-state index contributed by atoms with van der Waals surface area (Å²) >= 11 is 5.86. The number of H-pyrrole nitrogens is 1. The molecule has 0 radical (unpaired) electrons. The summed E-state index contributed by atoms with van der Waals surface area (Å²) in [5, 5.41) is 6.82. The second-order valence-electron chi connectivity index (χ2n) is 7.03. The molecule has 2 unspecified atom stereocenters. The molecule has 178 valence electrons. The second-order valence-corrected chi connectivity index (χ2v) is 9.22. The number of ether oxygens (including phenoxy) is 1. The summed E-state index contributed by atoms with van der Waals surface area (Å²) in [6.45, 7) is 1.86. The van der Waals surface area contributed by atoms with Crippen molar-refractivity contribution in [3.8, 4) is 5.75 Å². The molecule has 1 aliphatic heterocycles. The highest BCUT2D eigenvalue weighted by molar-refractivity contribution is 7.52. The third kappa shape index (κ3) is 6.44. The first-order valence-electron chi connectivity index (χ1n) is 9.90. The number of nitrogens with zero attached hydrogens (tertiary/aromatic N) is 4. The Kier molecular flexibility index (Phi) is 8.30. The zero-order chi connectivity index (χ0) is 24.0. The lowest BCUT2D eigenvalue weighted by Gasteiger charge is -2.22. The van der Waals surface area contributed by atoms with E-state index in [0.717, 1.165) is 4.57 Å². The second kappa shape index (κ2) is 11.0. The molecule has 2 aromatic rings. The van der Waals surface area contributed by atoms with Gasteiger partial charge in [-0.05, 0) is 36.2 Å². The highest BCUT2D eigenvalue weighted by Gasteiger charge is 2.39. The van der Waals surface area contributed by atoms with Gasteiger partial charge in [0.25, 0.3) is 5.56 Å². The molecule has 1 aromatic carbocycles. The summed E-state index contributed by atoms with van der Waals surface area (Å²) in [5.41, 5.74) is 6.82. The summed E-state index contributed by atoms with van der Waals surface area (Å²) in [6.07, 6.45) is -0.638. The maximum Gasteiger partial charge on any atom is 0.458 e. The van der Waals surface area contributed by atoms with Crippen LogP contribution in [0.3, 0.4) is 0 Å². The Hall–Kier alpha value is -2.66. The first-order chi connectivity index (χ1) is 15.7. The van der Waals surface area contributed by atoms with Crippen molar-refractivity contribution >= 4 is 19.3 Å². The van der Waals surface area contributed by atoms with E-state index in [1.54, 1.807) is 12.1 Å². The van der Waals surface area contributed by atoms with Crippen molar-refractivity contribution in [3.63, 3.8) is 0 Å². The molecular weight excluding hydrogens is 482 g/mol. The van der Waals surface area contributed by atoms with Crippen LogP contribution in [0.4, 0.5) is 4.39 Å². The van der Waals surface area contributed by atoms with Crippen LogP contribution < -0.4 is 20.9 Å². The van der Waals surface area contributed by atoms with Crippen LogP contribution in [-0.4, -0.2) is 34.8 Å². The minimum absolute atomic E-state index is 0.00575. The molecular formula is C18H21ClFN6O6P. The Labute approximate surface area is 191 Å². The van der Waals surface area contributed by atoms with Crippen molar-refractivity contribution in [2.45, 2.75) is 38.1 Å². The number of hydrogen-bond acceptors (Lipinski definition) is 7. The van der Waals surface area contributed by atoms with E-state index < -0.39 is 43.2 Å². The molecule has 2 heterocycles. The Bertz CT molecular complexity index is 1180. The van der Waals surface area contributed by atoms with Gasteiger partial charge in [-0.25, -0.2) is 14.4 Å². The number of halogens is 2. The topological polar surface area (TPSA) is 160 Å². The van der Waals surface area contributed by atoms with E-state index in [0.29, 0.717) is 24.2 Å². The van der Waals surface area contributed by atoms with Crippen molar-refractivity contribution in [1.29, 1.82) is 0 Å². The van der Waals surface area contributed by atoms with E-state index in [2.05, 4.69) is 15.1 Å². The molecule has 0 amide bonds. The van der Waals surface area contributed by atoms with Crippen LogP contribution in [-0.2, 0) is 13.8 Å². The van der Waals surface area contributed by atoms with Crippen LogP contribution in [0.2, 0.25) is 5.02 Å². The molecule has 1 aliphatic rings. The minimum atomic E-state index is -3.87. The van der Waals surface area contributed by atoms with E-state index in [1.807, 2.05) is 11.9 Å². The predicted molar refractivity (Wildman–Crippen MR) is 117 cm³/mol. The van der Waals surface area contributed by atoms with Crippen LogP contribution in [0.15, 0.2) is 45.2 Å². The Morgan fingerprint density at radius 2 is 2.15 bits per heavy atom. The zero-order valence-electron chi connectivity index (χ0n) is 17.4. The van der Waals surface area contributed by atoms with E-state index in [4.69, 9.17) is 30.9 Å². The number of aromatic nitrogens is 2. The summed E-state index contributed by atoms with van der Waals surface area (Å²) in [6, 6.07) is 5.34. The third-order valence-corrected chi connectivity index (χ3v) is 6.45. The van der Waals surface area contributed by atoms with Gasteiger partial charge in [0.15, 0.2) is 0 Å². The maximum absolute atomic E-state index is 13.7. The summed E-state index contributed by atoms with van der Waals surface area (Å²) in [4.78, 5) is 27.9. The number of nitrogens with one attached hydrogen (secondary N) is 2. The van der Waals surface area contributed by atoms with Gasteiger partial charge < -0.3 is 9.26 Å². The lowest BCUT2D eigenvalue weighted by Crippen LogP contribution is -2.34. The summed E-state index contributed by atoms with van der Waals surface area (Å²) in [7, 11) is -3.87. The average molecular weight is 503 g/mol. The van der Waals surface area contributed by atoms with Crippen LogP contribution in [0, 0.1) is 5.82 Å². The van der Waals surface area contributed by atoms with Gasteiger partial charge in [0, 0.05) is 22.9 Å². The van der Waals surface area contributed by atoms with Gasteiger partial charge in [0.2, 0.25) is 5.82 Å². The third-order valence-electron chi connectivity index (χ3n) is 4.64. The fourth-order valence-corrected chi connectivity index (χ4v) is 4.63. The molecule has 0 bridgehead atoms. The normalized spacial score (nSPS) is 21.8. The first kappa shape index (κ1) is 25.0. The number of azide groups is 1. The largest absolute Gasteiger partial charge is 0.458 e. The number of hydrogen-bond donors (Lipinski definition) is 2. The molecule has 12 nitrogen and oxygen atoms in total. The quantitative estimate of drug-likeness (QED) is 0.217. The van der Waals surface area contributed by atoms with Crippen molar-refractivity contribution < 1.29 is 22.7 Å². The lowest BCUT2D eigenvalue weighted by molar-refractivity contribution is -0.0244. The molecule has 33 heavy (non-hydrogen) atoms. The van der Waals surface area contributed by atoms with Gasteiger partial charge in [0.05, 0.1) is 24.9 Å². The lowest BCUT2D eigenvalue weighted by atomic mass is 10.1. The highest BCUT2D eigenvalue weighted by atomic mass is 35.5. The molecule has 1 fully saturated rings. The van der Waals surface area contributed by atoms with Gasteiger partial charge in [-0.1, -0.05) is 23.6 Å². The smallest absolute Gasteiger partial charge is 0.413 e. The highest BCUT2D eigenvalue weighted by Crippen LogP contribution is 2.45. The molecule has 0 saturated carbocycles. The van der Waals surface area contributed by atoms with E-state index in [-0.39, 0.29) is 18.8 Å². The van der Waals surface area contributed by atoms with Crippen LogP contribution in [0.25, 0.3) is 10.4 Å². The number of aromatic amines is 1. The van der Waals surface area contributed by atoms with E-state index in [1.165, 1.54) is 12.1 Å². The van der Waals surface area contributed by atoms with Gasteiger partial charge in [-0.3, -0.25) is 18.9 Å². The fraction of sp³-hybridized carbons (Fsp3) is 0.444. The summed E-state index contributed by atoms with van der Waals surface area (Å²) < 4.78 is 44.6. The van der Waals surface area contributed by atoms with Gasteiger partial charge in [-0.15, -0.1) is 0 Å². The summed E-state index contributed by atoms with van der Waals surface area (Å²) in [5.74, 6) is -0.929. The molecule has 15 heteroatoms. The van der Waals surface area contributed by atoms with Crippen molar-refractivity contribution in [2.24, 2.45) is 5.11 Å². The number of benzene rings is 1. The Morgan fingerprint density at radius 3 is 2.82 bits per heavy atom. The molecule has 4 atom stereocenters. The van der Waals surface area contributed by atoms with E-state index in [9.17, 15) is 18.5 Å². The van der Waals surface area contributed by atoms with Crippen molar-refractivity contribution in [1.82, 2.24) is 14.6 Å². The van der Waals surface area contributed by atoms with Crippen LogP contribution >= 0.6 is 19.3 Å². The van der Waals surface area contributed by atoms with Crippen molar-refractivity contribution in [3.05, 3.63) is 72.6 Å². The molecule has 0 aliphatic carbocycles. The average Bonchev–Trinajstić information content (AvgIpc) is 3.18. The first-order valence-corrected chi connectivity index (χ1v) is 11.8. The number of rotatable bonds is 10. The minimum Gasteiger partial charge on any atom is -0.413 e. The fourth-order valence-electron chi connectivity index (χ4n) is 3.06. The maximum atomic E-state index is 13.7. The monoisotopic (exact) mass is 502 g/mol. The van der Waals surface area contributed by atoms with E-state index >= 15 is 0 Å². The molecule has 0 spiro atoms. The predicted octanol–water partition coefficient (Wildman–Crippen LogP) is 3.50. The van der Waals surface area contributed by atoms with Crippen LogP contribution in [0.1, 0.15) is 26.0 Å². The van der Waals surface area contributed by atoms with Gasteiger partial charge in [0.1, 0.15) is 12.0 Å². The molecule has 1 saturated heterocycles. The standard InChI is InChI=1S/C18H21ClFN6O6P/c1-2-7-22-33(29,32-12-5-3-11(19)4-6-12)30-10-15-14(24-25-21)8-16(31-15)26-9-13(20)17(27)23-18(26)28/h3-6,9,14-16H,2,7-8,10H2,1H3,(H,22,29)(H,23,27,28)/t14?,15-,16-,33?/m1/s1. The molecule has 2 N–H and O–H groups in total. The van der Waals surface area contributed by atoms with Crippen LogP contribution in [0.5, 0.6) is 5.75 Å². The van der Waals surface area contributed by atoms with Crippen molar-refractivity contribution in [2.75, 3.05) is 13.2 Å². The Balaban J connectivity index is 1.77. The molecule has 3 rings (SSSR count). The van der Waals surface area contributed by atoms with Gasteiger partial charge >= 0.3 is 13.4 Å². The van der Waals surface area contributed by atoms with Gasteiger partial charge in [-0.2, -0.15) is 4.39 Å². The zero-order valence-corrected chi connectivity index (χ0v) is 19.0. The molecule has 1 aromatic heterocycles.